The van der Waals surface area contributed by atoms with Crippen molar-refractivity contribution in [3.8, 4) is 0 Å². The Balaban J connectivity index is 1.71. The fourth-order valence-electron chi connectivity index (χ4n) is 6.70. The van der Waals surface area contributed by atoms with Gasteiger partial charge in [0.25, 0.3) is 0 Å². The third-order valence-electron chi connectivity index (χ3n) is 7.12. The van der Waals surface area contributed by atoms with Crippen LogP contribution in [0.25, 0.3) is 0 Å². The average molecular weight is 291 g/mol. The summed E-state index contributed by atoms with van der Waals surface area (Å²) in [4.78, 5) is 32.1. The van der Waals surface area contributed by atoms with Crippen molar-refractivity contribution in [2.45, 2.75) is 63.2 Å². The second-order valence-electron chi connectivity index (χ2n) is 8.04. The summed E-state index contributed by atoms with van der Waals surface area (Å²) >= 11 is 0. The van der Waals surface area contributed by atoms with Gasteiger partial charge in [0.15, 0.2) is 0 Å². The summed E-state index contributed by atoms with van der Waals surface area (Å²) in [7, 11) is 0. The first-order valence-corrected chi connectivity index (χ1v) is 8.14. The first kappa shape index (κ1) is 12.7. The van der Waals surface area contributed by atoms with Gasteiger partial charge in [-0.15, -0.1) is 0 Å². The number of piperidine rings is 1. The number of carbonyl (C=O) groups excluding carboxylic acids is 2. The second kappa shape index (κ2) is 3.42. The van der Waals surface area contributed by atoms with E-state index in [1.54, 1.807) is 6.92 Å². The topological polar surface area (TPSA) is 66.8 Å². The van der Waals surface area contributed by atoms with E-state index in [1.165, 1.54) is 0 Å². The highest BCUT2D eigenvalue weighted by atomic mass is 16.7. The summed E-state index contributed by atoms with van der Waals surface area (Å²) < 4.78 is 0. The molecule has 2 spiro atoms. The molecule has 0 aromatic heterocycles. The van der Waals surface area contributed by atoms with Gasteiger partial charge in [-0.05, 0) is 38.5 Å². The summed E-state index contributed by atoms with van der Waals surface area (Å²) in [6.07, 6.45) is 3.66. The van der Waals surface area contributed by atoms with Crippen LogP contribution in [0.5, 0.6) is 0 Å². The normalized spacial score (nSPS) is 61.0. The summed E-state index contributed by atoms with van der Waals surface area (Å²) in [6, 6.07) is 0.0979. The van der Waals surface area contributed by atoms with E-state index in [1.807, 2.05) is 5.06 Å². The van der Waals surface area contributed by atoms with Gasteiger partial charge in [-0.2, -0.15) is 5.06 Å². The van der Waals surface area contributed by atoms with Crippen molar-refractivity contribution >= 4 is 11.6 Å². The van der Waals surface area contributed by atoms with Crippen molar-refractivity contribution in [3.63, 3.8) is 0 Å². The molecule has 5 fully saturated rings. The minimum atomic E-state index is -0.949. The lowest BCUT2D eigenvalue weighted by Crippen LogP contribution is -2.60. The van der Waals surface area contributed by atoms with E-state index in [0.29, 0.717) is 12.8 Å². The van der Waals surface area contributed by atoms with Gasteiger partial charge in [-0.25, -0.2) is 0 Å². The molecule has 2 aliphatic heterocycles. The van der Waals surface area contributed by atoms with Crippen molar-refractivity contribution in [3.05, 3.63) is 0 Å². The number of ketones is 2. The Morgan fingerprint density at radius 3 is 2.90 bits per heavy atom. The van der Waals surface area contributed by atoms with E-state index in [2.05, 4.69) is 0 Å². The molecule has 0 aromatic rings. The maximum Gasteiger partial charge on any atom is 0.144 e. The third kappa shape index (κ3) is 1.12. The minimum Gasteiger partial charge on any atom is -0.390 e. The number of nitrogens with zero attached hydrogens (tertiary/aromatic N) is 1. The quantitative estimate of drug-likeness (QED) is 0.716. The van der Waals surface area contributed by atoms with Crippen LogP contribution in [0.2, 0.25) is 0 Å². The number of hydrogen-bond acceptors (Lipinski definition) is 5. The van der Waals surface area contributed by atoms with Crippen LogP contribution in [0.1, 0.15) is 45.4 Å². The van der Waals surface area contributed by atoms with E-state index in [-0.39, 0.29) is 36.1 Å². The Kier molecular flexibility index (Phi) is 2.07. The Bertz CT molecular complexity index is 573. The molecule has 2 bridgehead atoms. The molecule has 3 aliphatic carbocycles. The zero-order valence-corrected chi connectivity index (χ0v) is 12.3. The van der Waals surface area contributed by atoms with Crippen LogP contribution in [0.15, 0.2) is 0 Å². The molecule has 2 heterocycles. The monoisotopic (exact) mass is 291 g/mol. The molecule has 5 aliphatic rings. The largest absolute Gasteiger partial charge is 0.390 e. The molecule has 5 unspecified atom stereocenters. The van der Waals surface area contributed by atoms with Crippen molar-refractivity contribution in [1.82, 2.24) is 5.06 Å². The zero-order chi connectivity index (χ0) is 14.6. The highest BCUT2D eigenvalue weighted by Gasteiger charge is 2.82. The van der Waals surface area contributed by atoms with Crippen LogP contribution in [0, 0.1) is 16.7 Å². The number of hydroxylamine groups is 2. The Labute approximate surface area is 123 Å². The summed E-state index contributed by atoms with van der Waals surface area (Å²) in [5.74, 6) is 0.359. The van der Waals surface area contributed by atoms with Crippen molar-refractivity contribution < 1.29 is 19.5 Å². The van der Waals surface area contributed by atoms with Gasteiger partial charge in [0.1, 0.15) is 11.6 Å². The predicted molar refractivity (Wildman–Crippen MR) is 72.1 cm³/mol. The lowest BCUT2D eigenvalue weighted by atomic mass is 9.53. The third-order valence-corrected chi connectivity index (χ3v) is 7.12. The number of aliphatic hydroxyl groups is 1. The highest BCUT2D eigenvalue weighted by Crippen LogP contribution is 2.73. The van der Waals surface area contributed by atoms with E-state index in [9.17, 15) is 14.7 Å². The number of hydrogen-bond donors (Lipinski definition) is 1. The van der Waals surface area contributed by atoms with E-state index < -0.39 is 16.4 Å². The molecular weight excluding hydrogens is 270 g/mol. The molecule has 0 aromatic carbocycles. The fraction of sp³-hybridized carbons (Fsp3) is 0.875. The molecule has 5 heteroatoms. The summed E-state index contributed by atoms with van der Waals surface area (Å²) in [5.41, 5.74) is -2.09. The van der Waals surface area contributed by atoms with Gasteiger partial charge in [-0.1, -0.05) is 0 Å². The lowest BCUT2D eigenvalue weighted by molar-refractivity contribution is -0.160. The number of Topliss-reactive ketones (excluding diaryl/α,β-unsaturated/α-hetero) is 2. The van der Waals surface area contributed by atoms with Gasteiger partial charge < -0.3 is 5.11 Å². The molecule has 21 heavy (non-hydrogen) atoms. The van der Waals surface area contributed by atoms with Crippen LogP contribution >= 0.6 is 0 Å². The molecule has 0 radical (unpaired) electrons. The lowest BCUT2D eigenvalue weighted by Gasteiger charge is -2.49. The van der Waals surface area contributed by atoms with Crippen molar-refractivity contribution in [2.75, 3.05) is 6.54 Å². The Hall–Kier alpha value is -0.780. The number of rotatable bonds is 0. The van der Waals surface area contributed by atoms with Gasteiger partial charge in [-0.3, -0.25) is 14.4 Å². The molecular formula is C16H21NO4. The van der Waals surface area contributed by atoms with Crippen molar-refractivity contribution in [1.29, 1.82) is 0 Å². The molecule has 5 rings (SSSR count). The smallest absolute Gasteiger partial charge is 0.144 e. The zero-order valence-electron chi connectivity index (χ0n) is 12.3. The molecule has 3 saturated carbocycles. The summed E-state index contributed by atoms with van der Waals surface area (Å²) in [5, 5.41) is 12.4. The van der Waals surface area contributed by atoms with Gasteiger partial charge >= 0.3 is 0 Å². The van der Waals surface area contributed by atoms with Gasteiger partial charge in [0, 0.05) is 24.8 Å². The second-order valence-corrected chi connectivity index (χ2v) is 8.04. The van der Waals surface area contributed by atoms with Crippen molar-refractivity contribution in [2.24, 2.45) is 16.7 Å². The maximum atomic E-state index is 13.1. The average Bonchev–Trinajstić information content (AvgIpc) is 3.08. The Morgan fingerprint density at radius 2 is 2.10 bits per heavy atom. The molecule has 114 valence electrons. The molecule has 2 saturated heterocycles. The summed E-state index contributed by atoms with van der Waals surface area (Å²) in [6.45, 7) is 2.62. The fourth-order valence-corrected chi connectivity index (χ4v) is 6.70. The standard InChI is InChI=1S/C16H21NO4/c1-14(20)7-9-6-11(18)16-10(17-5-3-13(16)21-17)2-4-15(9,16)12(19)8-14/h9-10,13,20H,2-8H2,1H3/t9-,10?,13?,14+,15?,16?/m1/s1. The number of carbonyl (C=O) groups is 2. The van der Waals surface area contributed by atoms with E-state index >= 15 is 0 Å². The van der Waals surface area contributed by atoms with Crippen LogP contribution in [0.4, 0.5) is 0 Å². The van der Waals surface area contributed by atoms with Crippen LogP contribution in [-0.2, 0) is 14.4 Å². The SMILES string of the molecule is C[C@@]1(O)CC(=O)C23CCC4N5CCC(O5)C42C(=O)C[C@@H]3C1. The highest BCUT2D eigenvalue weighted by molar-refractivity contribution is 6.02. The molecule has 5 nitrogen and oxygen atoms in total. The minimum absolute atomic E-state index is 0.00963. The van der Waals surface area contributed by atoms with Crippen LogP contribution < -0.4 is 0 Å². The van der Waals surface area contributed by atoms with Gasteiger partial charge in [0.2, 0.25) is 0 Å². The van der Waals surface area contributed by atoms with E-state index in [4.69, 9.17) is 4.84 Å². The molecule has 1 N–H and O–H groups in total. The molecule has 0 amide bonds. The maximum absolute atomic E-state index is 13.1. The first-order valence-electron chi connectivity index (χ1n) is 8.14. The number of fused-ring (bicyclic) bond motifs is 3. The van der Waals surface area contributed by atoms with Crippen LogP contribution in [0.3, 0.4) is 0 Å². The predicted octanol–water partition coefficient (Wildman–Crippen LogP) is 0.844. The van der Waals surface area contributed by atoms with E-state index in [0.717, 1.165) is 25.8 Å². The Morgan fingerprint density at radius 1 is 1.29 bits per heavy atom. The van der Waals surface area contributed by atoms with Gasteiger partial charge in [0.05, 0.1) is 23.2 Å². The first-order chi connectivity index (χ1) is 9.92. The van der Waals surface area contributed by atoms with Crippen LogP contribution in [-0.4, -0.2) is 46.0 Å². The molecule has 7 atom stereocenters.